The van der Waals surface area contributed by atoms with Crippen LogP contribution in [0.5, 0.6) is 0 Å². The molecular formula is C74H126O6. The molecule has 0 spiro atoms. The Labute approximate surface area is 495 Å². The Bertz CT molecular complexity index is 1610. The van der Waals surface area contributed by atoms with Crippen molar-refractivity contribution in [2.45, 2.75) is 329 Å². The quantitative estimate of drug-likeness (QED) is 0.0261. The third-order valence-electron chi connectivity index (χ3n) is 14.5. The monoisotopic (exact) mass is 1110 g/mol. The van der Waals surface area contributed by atoms with E-state index < -0.39 is 12.1 Å². The van der Waals surface area contributed by atoms with Crippen LogP contribution in [0.25, 0.3) is 0 Å². The van der Waals surface area contributed by atoms with E-state index in [1.807, 2.05) is 6.08 Å². The van der Waals surface area contributed by atoms with Gasteiger partial charge in [0.15, 0.2) is 6.10 Å². The van der Waals surface area contributed by atoms with E-state index in [-0.39, 0.29) is 31.6 Å². The minimum atomic E-state index is -0.832. The highest BCUT2D eigenvalue weighted by Crippen LogP contribution is 2.18. The molecule has 1 atom stereocenters. The van der Waals surface area contributed by atoms with Crippen molar-refractivity contribution in [1.82, 2.24) is 0 Å². The third kappa shape index (κ3) is 64.9. The van der Waals surface area contributed by atoms with Crippen molar-refractivity contribution < 1.29 is 28.6 Å². The smallest absolute Gasteiger partial charge is 0.306 e. The molecule has 0 saturated heterocycles. The molecule has 0 N–H and O–H groups in total. The summed E-state index contributed by atoms with van der Waals surface area (Å²) < 4.78 is 16.8. The molecule has 0 aliphatic rings. The fraction of sp³-hybridized carbons (Fsp3) is 0.716. The first kappa shape index (κ1) is 76.1. The molecule has 0 aromatic heterocycles. The van der Waals surface area contributed by atoms with E-state index >= 15 is 0 Å². The maximum atomic E-state index is 12.9. The Morgan fingerprint density at radius 1 is 0.263 bits per heavy atom. The maximum Gasteiger partial charge on any atom is 0.306 e. The van der Waals surface area contributed by atoms with E-state index in [2.05, 4.69) is 124 Å². The molecule has 0 fully saturated rings. The van der Waals surface area contributed by atoms with Crippen LogP contribution in [0.15, 0.2) is 109 Å². The van der Waals surface area contributed by atoms with Gasteiger partial charge in [0, 0.05) is 19.3 Å². The summed E-state index contributed by atoms with van der Waals surface area (Å²) in [7, 11) is 0. The Balaban J connectivity index is 4.29. The molecular weight excluding hydrogens is 985 g/mol. The van der Waals surface area contributed by atoms with Gasteiger partial charge in [-0.1, -0.05) is 323 Å². The summed E-state index contributed by atoms with van der Waals surface area (Å²) in [6.45, 7) is 6.35. The summed E-state index contributed by atoms with van der Waals surface area (Å²) in [6.07, 6.45) is 92.9. The summed E-state index contributed by atoms with van der Waals surface area (Å²) in [6, 6.07) is 0. The molecule has 0 heterocycles. The molecule has 0 aliphatic heterocycles. The minimum Gasteiger partial charge on any atom is -0.462 e. The second kappa shape index (κ2) is 67.6. The molecule has 0 rings (SSSR count). The molecule has 0 amide bonds. The Morgan fingerprint density at radius 3 is 0.812 bits per heavy atom. The van der Waals surface area contributed by atoms with Crippen LogP contribution in [-0.2, 0) is 28.6 Å². The molecule has 0 saturated carbocycles. The van der Waals surface area contributed by atoms with Gasteiger partial charge in [-0.25, -0.2) is 0 Å². The highest BCUT2D eigenvalue weighted by molar-refractivity contribution is 5.71. The molecule has 0 aromatic carbocycles. The number of allylic oxidation sites excluding steroid dienone is 18. The van der Waals surface area contributed by atoms with Crippen LogP contribution in [0.1, 0.15) is 323 Å². The van der Waals surface area contributed by atoms with Crippen LogP contribution in [0.4, 0.5) is 0 Å². The average molecular weight is 1110 g/mol. The summed E-state index contributed by atoms with van der Waals surface area (Å²) in [4.78, 5) is 38.3. The standard InChI is InChI=1S/C74H126O6/c1-4-7-10-13-16-19-22-25-27-29-31-32-33-34-35-36-37-38-39-40-41-43-44-46-49-52-55-58-61-64-67-73(76)79-70-71(69-78-72(75)66-63-60-57-54-51-48-24-21-18-15-12-9-6-3)80-74(77)68-65-62-59-56-53-50-47-45-42-30-28-26-23-20-17-14-11-8-5-2/h8-9,11-12,17-18,20-21,26,28,42,45,48,50-51,53,59,62,71H,4-7,10,13-16,19,22-25,27,29-41,43-44,46-47,49,52,54-58,60-61,63-70H2,1-3H3/b11-8-,12-9-,20-17-,21-18-,28-26-,45-42-,51-48-,53-50-,62-59-. The van der Waals surface area contributed by atoms with E-state index in [1.54, 1.807) is 0 Å². The number of esters is 3. The zero-order chi connectivity index (χ0) is 57.8. The average Bonchev–Trinajstić information content (AvgIpc) is 3.46. The zero-order valence-electron chi connectivity index (χ0n) is 52.6. The van der Waals surface area contributed by atoms with Crippen molar-refractivity contribution in [3.63, 3.8) is 0 Å². The van der Waals surface area contributed by atoms with Crippen LogP contribution in [-0.4, -0.2) is 37.2 Å². The van der Waals surface area contributed by atoms with E-state index in [1.165, 1.54) is 173 Å². The van der Waals surface area contributed by atoms with Gasteiger partial charge in [0.25, 0.3) is 0 Å². The number of ether oxygens (including phenoxy) is 3. The van der Waals surface area contributed by atoms with Gasteiger partial charge < -0.3 is 14.2 Å². The summed E-state index contributed by atoms with van der Waals surface area (Å²) in [5.41, 5.74) is 0. The van der Waals surface area contributed by atoms with Gasteiger partial charge in [0.05, 0.1) is 0 Å². The van der Waals surface area contributed by atoms with Gasteiger partial charge in [-0.2, -0.15) is 0 Å². The predicted molar refractivity (Wildman–Crippen MR) is 348 cm³/mol. The van der Waals surface area contributed by atoms with Crippen molar-refractivity contribution in [1.29, 1.82) is 0 Å². The van der Waals surface area contributed by atoms with Gasteiger partial charge in [-0.15, -0.1) is 0 Å². The lowest BCUT2D eigenvalue weighted by atomic mass is 10.0. The number of carbonyl (C=O) groups excluding carboxylic acids is 3. The largest absolute Gasteiger partial charge is 0.462 e. The van der Waals surface area contributed by atoms with Gasteiger partial charge in [-0.05, 0) is 89.9 Å². The highest BCUT2D eigenvalue weighted by Gasteiger charge is 2.19. The van der Waals surface area contributed by atoms with Crippen LogP contribution < -0.4 is 0 Å². The van der Waals surface area contributed by atoms with Crippen molar-refractivity contribution in [3.8, 4) is 0 Å². The van der Waals surface area contributed by atoms with Crippen LogP contribution >= 0.6 is 0 Å². The minimum absolute atomic E-state index is 0.117. The molecule has 80 heavy (non-hydrogen) atoms. The maximum absolute atomic E-state index is 12.9. The molecule has 1 unspecified atom stereocenters. The van der Waals surface area contributed by atoms with E-state index in [9.17, 15) is 14.4 Å². The SMILES string of the molecule is CC/C=C\C/C=C\C/C=C\C/C=C\C/C=C\C/C=C\CCC(=O)OC(COC(=O)CCCCC/C=C\C/C=C\C/C=C\CC)COC(=O)CCCCCCCCCCCCCCCCCCCCCCCCCCCCCCCC. The van der Waals surface area contributed by atoms with Crippen molar-refractivity contribution >= 4 is 17.9 Å². The first-order valence-corrected chi connectivity index (χ1v) is 33.9. The molecule has 0 bridgehead atoms. The lowest BCUT2D eigenvalue weighted by molar-refractivity contribution is -0.166. The summed E-state index contributed by atoms with van der Waals surface area (Å²) in [5.74, 6) is -1.02. The van der Waals surface area contributed by atoms with Crippen LogP contribution in [0.3, 0.4) is 0 Å². The normalized spacial score (nSPS) is 12.8. The summed E-state index contributed by atoms with van der Waals surface area (Å²) >= 11 is 0. The molecule has 6 nitrogen and oxygen atoms in total. The number of hydrogen-bond donors (Lipinski definition) is 0. The lowest BCUT2D eigenvalue weighted by Gasteiger charge is -2.18. The van der Waals surface area contributed by atoms with Gasteiger partial charge >= 0.3 is 17.9 Å². The van der Waals surface area contributed by atoms with E-state index in [0.717, 1.165) is 103 Å². The van der Waals surface area contributed by atoms with Gasteiger partial charge in [-0.3, -0.25) is 14.4 Å². The van der Waals surface area contributed by atoms with E-state index in [4.69, 9.17) is 14.2 Å². The fourth-order valence-electron chi connectivity index (χ4n) is 9.55. The highest BCUT2D eigenvalue weighted by atomic mass is 16.6. The summed E-state index contributed by atoms with van der Waals surface area (Å²) in [5, 5.41) is 0. The number of carbonyl (C=O) groups is 3. The fourth-order valence-corrected chi connectivity index (χ4v) is 9.55. The van der Waals surface area contributed by atoms with Gasteiger partial charge in [0.2, 0.25) is 0 Å². The van der Waals surface area contributed by atoms with Crippen molar-refractivity contribution in [2.24, 2.45) is 0 Å². The second-order valence-corrected chi connectivity index (χ2v) is 22.3. The van der Waals surface area contributed by atoms with E-state index in [0.29, 0.717) is 19.3 Å². The predicted octanol–water partition coefficient (Wildman–Crippen LogP) is 23.4. The third-order valence-corrected chi connectivity index (χ3v) is 14.5. The second-order valence-electron chi connectivity index (χ2n) is 22.3. The molecule has 0 aliphatic carbocycles. The topological polar surface area (TPSA) is 78.9 Å². The van der Waals surface area contributed by atoms with Crippen molar-refractivity contribution in [2.75, 3.05) is 13.2 Å². The Kier molecular flexibility index (Phi) is 64.3. The number of unbranched alkanes of at least 4 members (excludes halogenated alkanes) is 32. The Hall–Kier alpha value is -3.93. The van der Waals surface area contributed by atoms with Crippen LogP contribution in [0.2, 0.25) is 0 Å². The first-order valence-electron chi connectivity index (χ1n) is 33.9. The molecule has 0 aromatic rings. The number of hydrogen-bond acceptors (Lipinski definition) is 6. The molecule has 0 radical (unpaired) electrons. The lowest BCUT2D eigenvalue weighted by Crippen LogP contribution is -2.30. The van der Waals surface area contributed by atoms with Gasteiger partial charge in [0.1, 0.15) is 13.2 Å². The first-order chi connectivity index (χ1) is 39.5. The number of rotatable bonds is 61. The molecule has 6 heteroatoms. The van der Waals surface area contributed by atoms with Crippen LogP contribution in [0, 0.1) is 0 Å². The van der Waals surface area contributed by atoms with Crippen molar-refractivity contribution in [3.05, 3.63) is 109 Å². The zero-order valence-corrected chi connectivity index (χ0v) is 52.6. The Morgan fingerprint density at radius 2 is 0.512 bits per heavy atom. The molecule has 458 valence electrons.